The minimum atomic E-state index is 0.112. The zero-order valence-corrected chi connectivity index (χ0v) is 15.1. The first-order chi connectivity index (χ1) is 8.00. The highest BCUT2D eigenvalue weighted by Gasteiger charge is 2.18. The van der Waals surface area contributed by atoms with Gasteiger partial charge in [0, 0.05) is 13.8 Å². The fourth-order valence-electron chi connectivity index (χ4n) is 1.48. The third-order valence-electron chi connectivity index (χ3n) is 2.43. The number of rotatable bonds is 2. The molecule has 0 radical (unpaired) electrons. The van der Waals surface area contributed by atoms with Gasteiger partial charge in [0.2, 0.25) is 0 Å². The average molecular weight is 459 g/mol. The molecule has 1 heterocycles. The first-order valence-corrected chi connectivity index (χ1v) is 8.59. The predicted molar refractivity (Wildman–Crippen MR) is 86.7 cm³/mol. The van der Waals surface area contributed by atoms with Crippen molar-refractivity contribution in [3.8, 4) is 0 Å². The Labute approximate surface area is 135 Å². The Morgan fingerprint density at radius 3 is 2.53 bits per heavy atom. The van der Waals surface area contributed by atoms with Crippen molar-refractivity contribution in [2.75, 3.05) is 0 Å². The Morgan fingerprint density at radius 1 is 1.24 bits per heavy atom. The number of aryl methyl sites for hydroxylation is 1. The van der Waals surface area contributed by atoms with Crippen molar-refractivity contribution in [2.24, 2.45) is 0 Å². The summed E-state index contributed by atoms with van der Waals surface area (Å²) in [6, 6.07) is 6.15. The van der Waals surface area contributed by atoms with E-state index in [1.807, 2.05) is 11.4 Å². The molecule has 0 N–H and O–H groups in total. The van der Waals surface area contributed by atoms with Crippen LogP contribution < -0.4 is 0 Å². The second kappa shape index (κ2) is 5.74. The lowest BCUT2D eigenvalue weighted by atomic mass is 10.1. The minimum absolute atomic E-state index is 0.112. The van der Waals surface area contributed by atoms with Crippen LogP contribution in [0.4, 0.5) is 0 Å². The fraction of sp³-hybridized carbons (Fsp3) is 0.167. The van der Waals surface area contributed by atoms with Gasteiger partial charge in [-0.05, 0) is 41.6 Å². The lowest BCUT2D eigenvalue weighted by molar-refractivity contribution is 1.19. The molecule has 90 valence electrons. The summed E-state index contributed by atoms with van der Waals surface area (Å²) in [5.41, 5.74) is 2.38. The maximum Gasteiger partial charge on any atom is 0.0764 e. The molecule has 1 unspecified atom stereocenters. The molecule has 0 fully saturated rings. The van der Waals surface area contributed by atoms with Crippen molar-refractivity contribution in [1.29, 1.82) is 0 Å². The summed E-state index contributed by atoms with van der Waals surface area (Å²) in [6.07, 6.45) is 0. The Morgan fingerprint density at radius 2 is 1.94 bits per heavy atom. The van der Waals surface area contributed by atoms with Gasteiger partial charge in [-0.2, -0.15) is 0 Å². The van der Waals surface area contributed by atoms with E-state index in [-0.39, 0.29) is 4.83 Å². The maximum atomic E-state index is 6.16. The van der Waals surface area contributed by atoms with Crippen LogP contribution in [0.25, 0.3) is 0 Å². The van der Waals surface area contributed by atoms with E-state index in [4.69, 9.17) is 11.6 Å². The Bertz CT molecular complexity index is 551. The van der Waals surface area contributed by atoms with Crippen LogP contribution >= 0.6 is 70.7 Å². The molecule has 0 spiro atoms. The molecule has 0 bridgehead atoms. The lowest BCUT2D eigenvalue weighted by Crippen LogP contribution is -1.93. The zero-order chi connectivity index (χ0) is 12.6. The molecule has 2 aromatic rings. The third kappa shape index (κ3) is 2.98. The Kier molecular flexibility index (Phi) is 4.75. The van der Waals surface area contributed by atoms with Crippen molar-refractivity contribution in [3.63, 3.8) is 0 Å². The molecule has 0 nitrogen and oxygen atoms in total. The SMILES string of the molecule is Cc1cc(Br)c(C(Br)c2sccc2Cl)cc1Br. The molecule has 0 aliphatic heterocycles. The molecule has 0 aliphatic rings. The first-order valence-electron chi connectivity index (χ1n) is 4.83. The van der Waals surface area contributed by atoms with Gasteiger partial charge in [-0.3, -0.25) is 0 Å². The van der Waals surface area contributed by atoms with E-state index in [0.29, 0.717) is 0 Å². The van der Waals surface area contributed by atoms with E-state index in [1.54, 1.807) is 11.3 Å². The zero-order valence-electron chi connectivity index (χ0n) is 8.81. The van der Waals surface area contributed by atoms with Gasteiger partial charge in [-0.15, -0.1) is 11.3 Å². The van der Waals surface area contributed by atoms with E-state index >= 15 is 0 Å². The maximum absolute atomic E-state index is 6.16. The van der Waals surface area contributed by atoms with E-state index in [9.17, 15) is 0 Å². The number of thiophene rings is 1. The van der Waals surface area contributed by atoms with E-state index < -0.39 is 0 Å². The van der Waals surface area contributed by atoms with Crippen molar-refractivity contribution < 1.29 is 0 Å². The van der Waals surface area contributed by atoms with Crippen LogP contribution in [0.5, 0.6) is 0 Å². The van der Waals surface area contributed by atoms with E-state index in [1.165, 1.54) is 11.1 Å². The molecule has 1 aromatic carbocycles. The van der Waals surface area contributed by atoms with E-state index in [2.05, 4.69) is 66.8 Å². The number of benzene rings is 1. The first kappa shape index (κ1) is 14.1. The second-order valence-corrected chi connectivity index (χ2v) is 7.60. The van der Waals surface area contributed by atoms with Gasteiger partial charge in [0.05, 0.1) is 9.85 Å². The summed E-state index contributed by atoms with van der Waals surface area (Å²) in [5, 5.41) is 2.81. The number of alkyl halides is 1. The van der Waals surface area contributed by atoms with Crippen LogP contribution in [0.3, 0.4) is 0 Å². The highest BCUT2D eigenvalue weighted by molar-refractivity contribution is 9.11. The fourth-order valence-corrected chi connectivity index (χ4v) is 5.08. The molecule has 2 rings (SSSR count). The van der Waals surface area contributed by atoms with Crippen LogP contribution in [0.2, 0.25) is 5.02 Å². The topological polar surface area (TPSA) is 0 Å². The monoisotopic (exact) mass is 456 g/mol. The normalized spacial score (nSPS) is 12.8. The largest absolute Gasteiger partial charge is 0.146 e. The minimum Gasteiger partial charge on any atom is -0.146 e. The van der Waals surface area contributed by atoms with Crippen molar-refractivity contribution in [1.82, 2.24) is 0 Å². The summed E-state index contributed by atoms with van der Waals surface area (Å²) >= 11 is 18.7. The van der Waals surface area contributed by atoms with Crippen molar-refractivity contribution in [3.05, 3.63) is 53.6 Å². The van der Waals surface area contributed by atoms with Crippen LogP contribution in [-0.4, -0.2) is 0 Å². The van der Waals surface area contributed by atoms with Crippen LogP contribution in [0.15, 0.2) is 32.5 Å². The molecule has 5 heteroatoms. The van der Waals surface area contributed by atoms with Crippen LogP contribution in [0.1, 0.15) is 20.8 Å². The molecule has 1 atom stereocenters. The molecular formula is C12H8Br3ClS. The average Bonchev–Trinajstić information content (AvgIpc) is 2.69. The summed E-state index contributed by atoms with van der Waals surface area (Å²) in [7, 11) is 0. The molecule has 1 aromatic heterocycles. The van der Waals surface area contributed by atoms with Gasteiger partial charge in [0.1, 0.15) is 0 Å². The quantitative estimate of drug-likeness (QED) is 0.438. The smallest absolute Gasteiger partial charge is 0.0764 e. The van der Waals surface area contributed by atoms with Crippen molar-refractivity contribution in [2.45, 2.75) is 11.8 Å². The van der Waals surface area contributed by atoms with Gasteiger partial charge in [0.15, 0.2) is 0 Å². The standard InChI is InChI=1S/C12H8Br3ClS/c1-6-4-9(14)7(5-8(6)13)11(15)12-10(16)2-3-17-12/h2-5,11H,1H3. The number of hydrogen-bond donors (Lipinski definition) is 0. The number of halogens is 4. The summed E-state index contributed by atoms with van der Waals surface area (Å²) in [5.74, 6) is 0. The molecule has 0 saturated heterocycles. The highest BCUT2D eigenvalue weighted by Crippen LogP contribution is 2.42. The molecule has 17 heavy (non-hydrogen) atoms. The summed E-state index contributed by atoms with van der Waals surface area (Å²) < 4.78 is 2.19. The van der Waals surface area contributed by atoms with Crippen LogP contribution in [-0.2, 0) is 0 Å². The molecule has 0 amide bonds. The Balaban J connectivity index is 2.48. The van der Waals surface area contributed by atoms with Gasteiger partial charge < -0.3 is 0 Å². The van der Waals surface area contributed by atoms with Gasteiger partial charge >= 0.3 is 0 Å². The molecule has 0 saturated carbocycles. The third-order valence-corrected chi connectivity index (χ3v) is 6.64. The summed E-state index contributed by atoms with van der Waals surface area (Å²) in [4.78, 5) is 1.24. The predicted octanol–water partition coefficient (Wildman–Crippen LogP) is 6.72. The van der Waals surface area contributed by atoms with Gasteiger partial charge in [-0.1, -0.05) is 59.4 Å². The van der Waals surface area contributed by atoms with Gasteiger partial charge in [0.25, 0.3) is 0 Å². The summed E-state index contributed by atoms with van der Waals surface area (Å²) in [6.45, 7) is 2.07. The van der Waals surface area contributed by atoms with Crippen molar-refractivity contribution >= 4 is 70.7 Å². The lowest BCUT2D eigenvalue weighted by Gasteiger charge is -2.13. The van der Waals surface area contributed by atoms with E-state index in [0.717, 1.165) is 18.8 Å². The Hall–Kier alpha value is 0.650. The number of hydrogen-bond acceptors (Lipinski definition) is 1. The second-order valence-electron chi connectivity index (χ2n) is 3.62. The highest BCUT2D eigenvalue weighted by atomic mass is 79.9. The van der Waals surface area contributed by atoms with Crippen LogP contribution in [0, 0.1) is 6.92 Å². The van der Waals surface area contributed by atoms with Gasteiger partial charge in [-0.25, -0.2) is 0 Å². The molecular weight excluding hydrogens is 451 g/mol. The molecule has 0 aliphatic carbocycles.